The SMILES string of the molecule is CC(=O)Nc1ccc(OCC(O)CCl)cc1. The molecule has 1 aromatic carbocycles. The predicted octanol–water partition coefficient (Wildman–Crippen LogP) is 1.62. The number of carbonyl (C=O) groups excluding carboxylic acids is 1. The number of nitrogens with one attached hydrogen (secondary N) is 1. The van der Waals surface area contributed by atoms with Gasteiger partial charge < -0.3 is 15.2 Å². The molecule has 5 heteroatoms. The predicted molar refractivity (Wildman–Crippen MR) is 63.0 cm³/mol. The highest BCUT2D eigenvalue weighted by molar-refractivity contribution is 6.18. The van der Waals surface area contributed by atoms with Crippen LogP contribution in [0.3, 0.4) is 0 Å². The van der Waals surface area contributed by atoms with Crippen LogP contribution in [0.2, 0.25) is 0 Å². The smallest absolute Gasteiger partial charge is 0.221 e. The standard InChI is InChI=1S/C11H14ClNO3/c1-8(14)13-9-2-4-11(5-3-9)16-7-10(15)6-12/h2-5,10,15H,6-7H2,1H3,(H,13,14). The third-order valence-corrected chi connectivity index (χ3v) is 2.15. The van der Waals surface area contributed by atoms with Gasteiger partial charge in [0, 0.05) is 12.6 Å². The van der Waals surface area contributed by atoms with Crippen LogP contribution in [0.4, 0.5) is 5.69 Å². The van der Waals surface area contributed by atoms with Crippen molar-refractivity contribution in [2.75, 3.05) is 17.8 Å². The van der Waals surface area contributed by atoms with Crippen LogP contribution in [0.1, 0.15) is 6.92 Å². The molecule has 1 unspecified atom stereocenters. The van der Waals surface area contributed by atoms with Crippen molar-refractivity contribution in [1.82, 2.24) is 0 Å². The van der Waals surface area contributed by atoms with Crippen molar-refractivity contribution in [1.29, 1.82) is 0 Å². The number of ether oxygens (including phenoxy) is 1. The summed E-state index contributed by atoms with van der Waals surface area (Å²) in [5.41, 5.74) is 0.706. The molecule has 1 rings (SSSR count). The Balaban J connectivity index is 2.48. The normalized spacial score (nSPS) is 11.9. The summed E-state index contributed by atoms with van der Waals surface area (Å²) in [7, 11) is 0. The summed E-state index contributed by atoms with van der Waals surface area (Å²) in [6.45, 7) is 1.60. The molecule has 1 aromatic rings. The monoisotopic (exact) mass is 243 g/mol. The van der Waals surface area contributed by atoms with Gasteiger partial charge in [-0.1, -0.05) is 0 Å². The number of amides is 1. The molecule has 0 aliphatic heterocycles. The van der Waals surface area contributed by atoms with Crippen LogP contribution in [0.15, 0.2) is 24.3 Å². The Labute approximate surface area is 99.2 Å². The number of hydrogen-bond donors (Lipinski definition) is 2. The molecule has 0 heterocycles. The van der Waals surface area contributed by atoms with E-state index >= 15 is 0 Å². The van der Waals surface area contributed by atoms with Gasteiger partial charge in [0.05, 0.1) is 5.88 Å². The zero-order chi connectivity index (χ0) is 12.0. The molecule has 0 saturated carbocycles. The summed E-state index contributed by atoms with van der Waals surface area (Å²) in [5, 5.41) is 11.8. The average molecular weight is 244 g/mol. The van der Waals surface area contributed by atoms with E-state index in [0.717, 1.165) is 0 Å². The van der Waals surface area contributed by atoms with E-state index in [0.29, 0.717) is 11.4 Å². The van der Waals surface area contributed by atoms with Gasteiger partial charge in [-0.2, -0.15) is 0 Å². The molecule has 0 fully saturated rings. The molecule has 16 heavy (non-hydrogen) atoms. The maximum Gasteiger partial charge on any atom is 0.221 e. The summed E-state index contributed by atoms with van der Waals surface area (Å²) in [6, 6.07) is 6.88. The second-order valence-corrected chi connectivity index (χ2v) is 3.63. The van der Waals surface area contributed by atoms with Crippen LogP contribution in [-0.4, -0.2) is 29.6 Å². The molecule has 4 nitrogen and oxygen atoms in total. The first-order valence-corrected chi connectivity index (χ1v) is 5.39. The number of aliphatic hydroxyl groups excluding tert-OH is 1. The highest BCUT2D eigenvalue weighted by Crippen LogP contribution is 2.15. The lowest BCUT2D eigenvalue weighted by molar-refractivity contribution is -0.114. The summed E-state index contributed by atoms with van der Waals surface area (Å²) < 4.78 is 5.27. The number of anilines is 1. The van der Waals surface area contributed by atoms with Crippen molar-refractivity contribution in [3.63, 3.8) is 0 Å². The molecule has 0 aliphatic carbocycles. The first-order valence-electron chi connectivity index (χ1n) is 4.86. The molecule has 0 saturated heterocycles. The molecule has 0 bridgehead atoms. The number of aliphatic hydroxyl groups is 1. The largest absolute Gasteiger partial charge is 0.491 e. The first kappa shape index (κ1) is 12.8. The van der Waals surface area contributed by atoms with E-state index < -0.39 is 6.10 Å². The fraction of sp³-hybridized carbons (Fsp3) is 0.364. The Kier molecular flexibility index (Phi) is 5.08. The molecule has 1 amide bonds. The topological polar surface area (TPSA) is 58.6 Å². The zero-order valence-corrected chi connectivity index (χ0v) is 9.70. The van der Waals surface area contributed by atoms with E-state index in [1.807, 2.05) is 0 Å². The third kappa shape index (κ3) is 4.51. The van der Waals surface area contributed by atoms with E-state index in [1.54, 1.807) is 24.3 Å². The van der Waals surface area contributed by atoms with Gasteiger partial charge in [-0.05, 0) is 24.3 Å². The van der Waals surface area contributed by atoms with Crippen molar-refractivity contribution in [2.24, 2.45) is 0 Å². The summed E-state index contributed by atoms with van der Waals surface area (Å²) in [6.07, 6.45) is -0.670. The molecule has 1 atom stereocenters. The van der Waals surface area contributed by atoms with Crippen molar-refractivity contribution in [2.45, 2.75) is 13.0 Å². The van der Waals surface area contributed by atoms with Crippen molar-refractivity contribution in [3.05, 3.63) is 24.3 Å². The lowest BCUT2D eigenvalue weighted by Crippen LogP contribution is -2.18. The highest BCUT2D eigenvalue weighted by Gasteiger charge is 2.03. The molecule has 0 spiro atoms. The Morgan fingerprint density at radius 1 is 1.50 bits per heavy atom. The molecular formula is C11H14ClNO3. The minimum atomic E-state index is -0.670. The number of hydrogen-bond acceptors (Lipinski definition) is 3. The second-order valence-electron chi connectivity index (χ2n) is 3.32. The number of alkyl halides is 1. The summed E-state index contributed by atoms with van der Waals surface area (Å²) in [4.78, 5) is 10.8. The summed E-state index contributed by atoms with van der Waals surface area (Å²) >= 11 is 5.42. The highest BCUT2D eigenvalue weighted by atomic mass is 35.5. The van der Waals surface area contributed by atoms with E-state index in [9.17, 15) is 9.90 Å². The molecule has 0 aliphatic rings. The fourth-order valence-electron chi connectivity index (χ4n) is 1.07. The van der Waals surface area contributed by atoms with Gasteiger partial charge in [-0.3, -0.25) is 4.79 Å². The van der Waals surface area contributed by atoms with Crippen LogP contribution in [0.5, 0.6) is 5.75 Å². The first-order chi connectivity index (χ1) is 7.61. The zero-order valence-electron chi connectivity index (χ0n) is 8.94. The number of rotatable bonds is 5. The van der Waals surface area contributed by atoms with Gasteiger partial charge in [0.1, 0.15) is 18.5 Å². The molecule has 0 radical (unpaired) electrons. The number of benzene rings is 1. The second kappa shape index (κ2) is 6.35. The van der Waals surface area contributed by atoms with E-state index in [1.165, 1.54) is 6.92 Å². The van der Waals surface area contributed by atoms with Gasteiger partial charge in [-0.15, -0.1) is 11.6 Å². The van der Waals surface area contributed by atoms with E-state index in [2.05, 4.69) is 5.32 Å². The van der Waals surface area contributed by atoms with Crippen LogP contribution in [-0.2, 0) is 4.79 Å². The van der Waals surface area contributed by atoms with Gasteiger partial charge in [-0.25, -0.2) is 0 Å². The lowest BCUT2D eigenvalue weighted by atomic mass is 10.3. The van der Waals surface area contributed by atoms with Gasteiger partial charge in [0.15, 0.2) is 0 Å². The quantitative estimate of drug-likeness (QED) is 0.773. The van der Waals surface area contributed by atoms with E-state index in [4.69, 9.17) is 16.3 Å². The van der Waals surface area contributed by atoms with E-state index in [-0.39, 0.29) is 18.4 Å². The number of halogens is 1. The van der Waals surface area contributed by atoms with Crippen molar-refractivity contribution < 1.29 is 14.6 Å². The average Bonchev–Trinajstić information content (AvgIpc) is 2.27. The Hall–Kier alpha value is -1.26. The van der Waals surface area contributed by atoms with Crippen LogP contribution < -0.4 is 10.1 Å². The Morgan fingerprint density at radius 2 is 2.12 bits per heavy atom. The van der Waals surface area contributed by atoms with Gasteiger partial charge in [0.25, 0.3) is 0 Å². The fourth-order valence-corrected chi connectivity index (χ4v) is 1.16. The lowest BCUT2D eigenvalue weighted by Gasteiger charge is -2.10. The van der Waals surface area contributed by atoms with Crippen LogP contribution in [0, 0.1) is 0 Å². The molecule has 2 N–H and O–H groups in total. The van der Waals surface area contributed by atoms with Crippen molar-refractivity contribution >= 4 is 23.2 Å². The molecule has 88 valence electrons. The Morgan fingerprint density at radius 3 is 2.62 bits per heavy atom. The molecule has 0 aromatic heterocycles. The maximum absolute atomic E-state index is 10.8. The number of carbonyl (C=O) groups is 1. The third-order valence-electron chi connectivity index (χ3n) is 1.80. The van der Waals surface area contributed by atoms with Gasteiger partial charge >= 0.3 is 0 Å². The van der Waals surface area contributed by atoms with Gasteiger partial charge in [0.2, 0.25) is 5.91 Å². The minimum absolute atomic E-state index is 0.119. The maximum atomic E-state index is 10.8. The van der Waals surface area contributed by atoms with Crippen molar-refractivity contribution in [3.8, 4) is 5.75 Å². The molecular weight excluding hydrogens is 230 g/mol. The van der Waals surface area contributed by atoms with Crippen LogP contribution in [0.25, 0.3) is 0 Å². The minimum Gasteiger partial charge on any atom is -0.491 e. The summed E-state index contributed by atoms with van der Waals surface area (Å²) in [5.74, 6) is 0.647. The van der Waals surface area contributed by atoms with Crippen LogP contribution >= 0.6 is 11.6 Å². The Bertz CT molecular complexity index is 340.